The Hall–Kier alpha value is -1.88. The Morgan fingerprint density at radius 3 is 2.90 bits per heavy atom. The SMILES string of the molecule is CC(C)[C@@H](N)C(=O)NCCCn1cnc2ccccc21. The zero-order valence-corrected chi connectivity index (χ0v) is 12.0. The van der Waals surface area contributed by atoms with E-state index in [1.165, 1.54) is 0 Å². The van der Waals surface area contributed by atoms with Gasteiger partial charge in [-0.25, -0.2) is 4.98 Å². The molecule has 5 nitrogen and oxygen atoms in total. The van der Waals surface area contributed by atoms with Gasteiger partial charge in [0.15, 0.2) is 0 Å². The van der Waals surface area contributed by atoms with Gasteiger partial charge in [-0.05, 0) is 24.5 Å². The average Bonchev–Trinajstić information content (AvgIpc) is 2.85. The largest absolute Gasteiger partial charge is 0.355 e. The molecule has 0 aliphatic rings. The van der Waals surface area contributed by atoms with Crippen LogP contribution in [0.25, 0.3) is 11.0 Å². The molecule has 0 aliphatic heterocycles. The van der Waals surface area contributed by atoms with Crippen LogP contribution in [0.2, 0.25) is 0 Å². The summed E-state index contributed by atoms with van der Waals surface area (Å²) in [6.07, 6.45) is 2.70. The lowest BCUT2D eigenvalue weighted by Gasteiger charge is -2.15. The number of imidazole rings is 1. The summed E-state index contributed by atoms with van der Waals surface area (Å²) < 4.78 is 2.10. The Kier molecular flexibility index (Phi) is 4.74. The van der Waals surface area contributed by atoms with Crippen LogP contribution >= 0.6 is 0 Å². The third-order valence-corrected chi connectivity index (χ3v) is 3.42. The molecule has 3 N–H and O–H groups in total. The first-order chi connectivity index (χ1) is 9.59. The van der Waals surface area contributed by atoms with Gasteiger partial charge in [0.25, 0.3) is 0 Å². The molecule has 0 unspecified atom stereocenters. The van der Waals surface area contributed by atoms with E-state index in [0.29, 0.717) is 6.54 Å². The fourth-order valence-electron chi connectivity index (χ4n) is 2.07. The Balaban J connectivity index is 1.80. The van der Waals surface area contributed by atoms with Crippen molar-refractivity contribution in [2.45, 2.75) is 32.9 Å². The quantitative estimate of drug-likeness (QED) is 0.785. The van der Waals surface area contributed by atoms with Crippen molar-refractivity contribution in [3.63, 3.8) is 0 Å². The van der Waals surface area contributed by atoms with Crippen LogP contribution in [0.3, 0.4) is 0 Å². The van der Waals surface area contributed by atoms with Crippen LogP contribution in [0.1, 0.15) is 20.3 Å². The minimum Gasteiger partial charge on any atom is -0.355 e. The second kappa shape index (κ2) is 6.52. The maximum Gasteiger partial charge on any atom is 0.237 e. The highest BCUT2D eigenvalue weighted by atomic mass is 16.2. The van der Waals surface area contributed by atoms with E-state index in [9.17, 15) is 4.79 Å². The summed E-state index contributed by atoms with van der Waals surface area (Å²) in [4.78, 5) is 16.0. The molecule has 0 saturated carbocycles. The fourth-order valence-corrected chi connectivity index (χ4v) is 2.07. The van der Waals surface area contributed by atoms with Gasteiger partial charge in [-0.15, -0.1) is 0 Å². The van der Waals surface area contributed by atoms with E-state index >= 15 is 0 Å². The van der Waals surface area contributed by atoms with Crippen molar-refractivity contribution >= 4 is 16.9 Å². The third kappa shape index (κ3) is 3.36. The maximum absolute atomic E-state index is 11.7. The molecule has 0 spiro atoms. The monoisotopic (exact) mass is 274 g/mol. The summed E-state index contributed by atoms with van der Waals surface area (Å²) >= 11 is 0. The maximum atomic E-state index is 11.7. The number of para-hydroxylation sites is 2. The van der Waals surface area contributed by atoms with Gasteiger partial charge < -0.3 is 15.6 Å². The van der Waals surface area contributed by atoms with Gasteiger partial charge in [0.2, 0.25) is 5.91 Å². The van der Waals surface area contributed by atoms with Gasteiger partial charge in [-0.2, -0.15) is 0 Å². The first-order valence-electron chi connectivity index (χ1n) is 7.02. The predicted octanol–water partition coefficient (Wildman–Crippen LogP) is 1.53. The summed E-state index contributed by atoms with van der Waals surface area (Å²) in [5.41, 5.74) is 7.91. The van der Waals surface area contributed by atoms with Crippen LogP contribution in [0, 0.1) is 5.92 Å². The Labute approximate surface area is 119 Å². The molecule has 0 aliphatic carbocycles. The number of fused-ring (bicyclic) bond motifs is 1. The van der Waals surface area contributed by atoms with E-state index in [0.717, 1.165) is 24.0 Å². The van der Waals surface area contributed by atoms with Crippen molar-refractivity contribution in [3.05, 3.63) is 30.6 Å². The second-order valence-corrected chi connectivity index (χ2v) is 5.34. The van der Waals surface area contributed by atoms with Gasteiger partial charge in [-0.1, -0.05) is 26.0 Å². The van der Waals surface area contributed by atoms with Crippen molar-refractivity contribution in [1.29, 1.82) is 0 Å². The predicted molar refractivity (Wildman–Crippen MR) is 80.2 cm³/mol. The van der Waals surface area contributed by atoms with Crippen molar-refractivity contribution in [1.82, 2.24) is 14.9 Å². The highest BCUT2D eigenvalue weighted by molar-refractivity contribution is 5.81. The standard InChI is InChI=1S/C15H22N4O/c1-11(2)14(16)15(20)17-8-5-9-19-10-18-12-6-3-4-7-13(12)19/h3-4,6-7,10-11,14H,5,8-9,16H2,1-2H3,(H,17,20)/t14-/m1/s1. The lowest BCUT2D eigenvalue weighted by atomic mass is 10.1. The van der Waals surface area contributed by atoms with Gasteiger partial charge in [0.1, 0.15) is 0 Å². The number of aromatic nitrogens is 2. The number of nitrogens with one attached hydrogen (secondary N) is 1. The molecular weight excluding hydrogens is 252 g/mol. The van der Waals surface area contributed by atoms with E-state index in [4.69, 9.17) is 5.73 Å². The average molecular weight is 274 g/mol. The lowest BCUT2D eigenvalue weighted by Crippen LogP contribution is -2.44. The molecule has 0 bridgehead atoms. The number of hydrogen-bond acceptors (Lipinski definition) is 3. The first-order valence-corrected chi connectivity index (χ1v) is 7.02. The zero-order chi connectivity index (χ0) is 14.5. The van der Waals surface area contributed by atoms with E-state index in [-0.39, 0.29) is 11.8 Å². The van der Waals surface area contributed by atoms with E-state index in [1.54, 1.807) is 0 Å². The molecule has 1 aromatic carbocycles. The smallest absolute Gasteiger partial charge is 0.237 e. The second-order valence-electron chi connectivity index (χ2n) is 5.34. The number of aryl methyl sites for hydroxylation is 1. The molecular formula is C15H22N4O. The Morgan fingerprint density at radius 2 is 2.15 bits per heavy atom. The molecule has 2 rings (SSSR count). The molecule has 1 aromatic heterocycles. The van der Waals surface area contributed by atoms with E-state index in [1.807, 2.05) is 38.4 Å². The van der Waals surface area contributed by atoms with Crippen molar-refractivity contribution in [2.75, 3.05) is 6.54 Å². The number of nitrogens with zero attached hydrogens (tertiary/aromatic N) is 2. The molecule has 1 atom stereocenters. The summed E-state index contributed by atoms with van der Waals surface area (Å²) in [6.45, 7) is 5.35. The Bertz CT molecular complexity index is 576. The minimum atomic E-state index is -0.427. The summed E-state index contributed by atoms with van der Waals surface area (Å²) in [6, 6.07) is 7.60. The Morgan fingerprint density at radius 1 is 1.40 bits per heavy atom. The highest BCUT2D eigenvalue weighted by Crippen LogP contribution is 2.11. The molecule has 0 fully saturated rings. The lowest BCUT2D eigenvalue weighted by molar-refractivity contribution is -0.123. The van der Waals surface area contributed by atoms with Crippen LogP contribution in [-0.4, -0.2) is 28.0 Å². The van der Waals surface area contributed by atoms with Crippen LogP contribution < -0.4 is 11.1 Å². The molecule has 0 radical (unpaired) electrons. The molecule has 5 heteroatoms. The fraction of sp³-hybridized carbons (Fsp3) is 0.467. The van der Waals surface area contributed by atoms with Crippen molar-refractivity contribution < 1.29 is 4.79 Å². The van der Waals surface area contributed by atoms with E-state index in [2.05, 4.69) is 20.9 Å². The van der Waals surface area contributed by atoms with E-state index < -0.39 is 6.04 Å². The van der Waals surface area contributed by atoms with Crippen LogP contribution in [0.5, 0.6) is 0 Å². The number of rotatable bonds is 6. The molecule has 108 valence electrons. The first kappa shape index (κ1) is 14.5. The number of amides is 1. The van der Waals surface area contributed by atoms with Crippen molar-refractivity contribution in [2.24, 2.45) is 11.7 Å². The zero-order valence-electron chi connectivity index (χ0n) is 12.0. The van der Waals surface area contributed by atoms with Gasteiger partial charge in [0, 0.05) is 13.1 Å². The summed E-state index contributed by atoms with van der Waals surface area (Å²) in [7, 11) is 0. The normalized spacial score (nSPS) is 12.8. The summed E-state index contributed by atoms with van der Waals surface area (Å²) in [5, 5.41) is 2.88. The molecule has 2 aromatic rings. The van der Waals surface area contributed by atoms with Crippen LogP contribution in [0.4, 0.5) is 0 Å². The number of carbonyl (C=O) groups is 1. The van der Waals surface area contributed by atoms with Gasteiger partial charge >= 0.3 is 0 Å². The minimum absolute atomic E-state index is 0.0736. The third-order valence-electron chi connectivity index (χ3n) is 3.42. The van der Waals surface area contributed by atoms with Gasteiger partial charge in [-0.3, -0.25) is 4.79 Å². The number of carbonyl (C=O) groups excluding carboxylic acids is 1. The molecule has 0 saturated heterocycles. The summed E-state index contributed by atoms with van der Waals surface area (Å²) in [5.74, 6) is 0.0862. The highest BCUT2D eigenvalue weighted by Gasteiger charge is 2.16. The molecule has 1 amide bonds. The van der Waals surface area contributed by atoms with Crippen LogP contribution in [-0.2, 0) is 11.3 Å². The number of hydrogen-bond donors (Lipinski definition) is 2. The number of benzene rings is 1. The molecule has 1 heterocycles. The van der Waals surface area contributed by atoms with Crippen molar-refractivity contribution in [3.8, 4) is 0 Å². The number of nitrogens with two attached hydrogens (primary N) is 1. The molecule has 20 heavy (non-hydrogen) atoms. The van der Waals surface area contributed by atoms with Gasteiger partial charge in [0.05, 0.1) is 23.4 Å². The topological polar surface area (TPSA) is 72.9 Å². The van der Waals surface area contributed by atoms with Crippen LogP contribution in [0.15, 0.2) is 30.6 Å².